The van der Waals surface area contributed by atoms with Gasteiger partial charge in [-0.15, -0.1) is 0 Å². The highest BCUT2D eigenvalue weighted by Gasteiger charge is 2.19. The molecule has 2 unspecified atom stereocenters. The van der Waals surface area contributed by atoms with Crippen LogP contribution in [0.1, 0.15) is 36.9 Å². The quantitative estimate of drug-likeness (QED) is 0.884. The van der Waals surface area contributed by atoms with Gasteiger partial charge in [0.05, 0.1) is 0 Å². The first kappa shape index (κ1) is 14.0. The summed E-state index contributed by atoms with van der Waals surface area (Å²) in [5.74, 6) is 0.379. The van der Waals surface area contributed by atoms with Gasteiger partial charge in [-0.1, -0.05) is 37.6 Å². The van der Waals surface area contributed by atoms with E-state index in [-0.39, 0.29) is 6.04 Å². The summed E-state index contributed by atoms with van der Waals surface area (Å²) in [6, 6.07) is 12.5. The highest BCUT2D eigenvalue weighted by Crippen LogP contribution is 2.30. The first-order chi connectivity index (χ1) is 9.22. The first-order valence-electron chi connectivity index (χ1n) is 6.61. The normalized spacial score (nSPS) is 14.1. The summed E-state index contributed by atoms with van der Waals surface area (Å²) in [5.41, 5.74) is 2.55. The lowest BCUT2D eigenvalue weighted by Crippen LogP contribution is -2.25. The van der Waals surface area contributed by atoms with Crippen molar-refractivity contribution in [1.82, 2.24) is 10.3 Å². The van der Waals surface area contributed by atoms with E-state index in [0.29, 0.717) is 5.92 Å². The number of aromatic nitrogens is 1. The summed E-state index contributed by atoms with van der Waals surface area (Å²) in [6.07, 6.45) is 3.69. The molecular formula is C16H19ClN2. The van der Waals surface area contributed by atoms with Crippen LogP contribution in [0.5, 0.6) is 0 Å². The molecule has 1 heterocycles. The standard InChI is InChI=1S/C16H19ClN2/c1-3-19-16(14-4-6-15(17)7-5-14)12(2)13-8-10-18-11-9-13/h4-12,16,19H,3H2,1-2H3. The monoisotopic (exact) mass is 274 g/mol. The van der Waals surface area contributed by atoms with Gasteiger partial charge in [-0.05, 0) is 41.9 Å². The molecule has 2 rings (SSSR count). The molecule has 3 heteroatoms. The second kappa shape index (κ2) is 6.69. The predicted octanol–water partition coefficient (Wildman–Crippen LogP) is 4.19. The third-order valence-corrected chi connectivity index (χ3v) is 3.64. The van der Waals surface area contributed by atoms with Gasteiger partial charge < -0.3 is 5.32 Å². The van der Waals surface area contributed by atoms with E-state index in [0.717, 1.165) is 11.6 Å². The van der Waals surface area contributed by atoms with E-state index in [9.17, 15) is 0 Å². The summed E-state index contributed by atoms with van der Waals surface area (Å²) in [6.45, 7) is 5.29. The van der Waals surface area contributed by atoms with Crippen LogP contribution < -0.4 is 5.32 Å². The van der Waals surface area contributed by atoms with E-state index >= 15 is 0 Å². The van der Waals surface area contributed by atoms with E-state index in [1.807, 2.05) is 24.5 Å². The van der Waals surface area contributed by atoms with Crippen LogP contribution >= 0.6 is 11.6 Å². The second-order valence-corrected chi connectivity index (χ2v) is 5.09. The molecular weight excluding hydrogens is 256 g/mol. The van der Waals surface area contributed by atoms with Crippen LogP contribution in [0.4, 0.5) is 0 Å². The molecule has 0 bridgehead atoms. The number of benzene rings is 1. The zero-order valence-electron chi connectivity index (χ0n) is 11.3. The Bertz CT molecular complexity index is 496. The third-order valence-electron chi connectivity index (χ3n) is 3.39. The Morgan fingerprint density at radius 3 is 2.26 bits per heavy atom. The predicted molar refractivity (Wildman–Crippen MR) is 80.5 cm³/mol. The molecule has 2 aromatic rings. The second-order valence-electron chi connectivity index (χ2n) is 4.66. The van der Waals surface area contributed by atoms with E-state index < -0.39 is 0 Å². The summed E-state index contributed by atoms with van der Waals surface area (Å²) in [4.78, 5) is 4.08. The Morgan fingerprint density at radius 2 is 1.68 bits per heavy atom. The highest BCUT2D eigenvalue weighted by molar-refractivity contribution is 6.30. The lowest BCUT2D eigenvalue weighted by atomic mass is 9.89. The Morgan fingerprint density at radius 1 is 1.05 bits per heavy atom. The molecule has 0 saturated carbocycles. The molecule has 0 spiro atoms. The third kappa shape index (κ3) is 3.55. The van der Waals surface area contributed by atoms with Crippen molar-refractivity contribution in [1.29, 1.82) is 0 Å². The van der Waals surface area contributed by atoms with E-state index in [1.165, 1.54) is 11.1 Å². The van der Waals surface area contributed by atoms with Crippen LogP contribution in [0.2, 0.25) is 5.02 Å². The molecule has 1 aromatic carbocycles. The molecule has 100 valence electrons. The topological polar surface area (TPSA) is 24.9 Å². The van der Waals surface area contributed by atoms with Gasteiger partial charge in [-0.3, -0.25) is 4.98 Å². The Balaban J connectivity index is 2.27. The largest absolute Gasteiger partial charge is 0.310 e. The molecule has 0 aliphatic heterocycles. The van der Waals surface area contributed by atoms with E-state index in [4.69, 9.17) is 11.6 Å². The molecule has 19 heavy (non-hydrogen) atoms. The van der Waals surface area contributed by atoms with Crippen LogP contribution in [-0.4, -0.2) is 11.5 Å². The average molecular weight is 275 g/mol. The fraction of sp³-hybridized carbons (Fsp3) is 0.312. The molecule has 0 aliphatic rings. The van der Waals surface area contributed by atoms with E-state index in [2.05, 4.69) is 48.4 Å². The van der Waals surface area contributed by atoms with Gasteiger partial charge in [0.1, 0.15) is 0 Å². The molecule has 0 aliphatic carbocycles. The van der Waals surface area contributed by atoms with Gasteiger partial charge in [0, 0.05) is 29.4 Å². The summed E-state index contributed by atoms with van der Waals surface area (Å²) in [5, 5.41) is 4.33. The van der Waals surface area contributed by atoms with Crippen molar-refractivity contribution in [3.05, 3.63) is 64.9 Å². The maximum absolute atomic E-state index is 5.96. The number of hydrogen-bond donors (Lipinski definition) is 1. The SMILES string of the molecule is CCNC(c1ccc(Cl)cc1)C(C)c1ccncc1. The van der Waals surface area contributed by atoms with Crippen LogP contribution in [-0.2, 0) is 0 Å². The molecule has 0 radical (unpaired) electrons. The van der Waals surface area contributed by atoms with Crippen molar-refractivity contribution >= 4 is 11.6 Å². The smallest absolute Gasteiger partial charge is 0.0406 e. The van der Waals surface area contributed by atoms with Crippen LogP contribution in [0.15, 0.2) is 48.8 Å². The molecule has 0 saturated heterocycles. The molecule has 2 nitrogen and oxygen atoms in total. The van der Waals surface area contributed by atoms with Crippen LogP contribution in [0.3, 0.4) is 0 Å². The van der Waals surface area contributed by atoms with Crippen LogP contribution in [0, 0.1) is 0 Å². The fourth-order valence-corrected chi connectivity index (χ4v) is 2.46. The van der Waals surface area contributed by atoms with Crippen molar-refractivity contribution in [3.8, 4) is 0 Å². The van der Waals surface area contributed by atoms with Gasteiger partial charge in [-0.2, -0.15) is 0 Å². The number of pyridine rings is 1. The maximum Gasteiger partial charge on any atom is 0.0406 e. The van der Waals surface area contributed by atoms with Gasteiger partial charge in [0.15, 0.2) is 0 Å². The fourth-order valence-electron chi connectivity index (χ4n) is 2.33. The Labute approximate surface area is 119 Å². The molecule has 0 amide bonds. The number of nitrogens with one attached hydrogen (secondary N) is 1. The van der Waals surface area contributed by atoms with Crippen molar-refractivity contribution < 1.29 is 0 Å². The molecule has 1 aromatic heterocycles. The molecule has 2 atom stereocenters. The molecule has 0 fully saturated rings. The van der Waals surface area contributed by atoms with Gasteiger partial charge in [-0.25, -0.2) is 0 Å². The van der Waals surface area contributed by atoms with Crippen LogP contribution in [0.25, 0.3) is 0 Å². The minimum Gasteiger partial charge on any atom is -0.310 e. The van der Waals surface area contributed by atoms with Gasteiger partial charge >= 0.3 is 0 Å². The number of likely N-dealkylation sites (N-methyl/N-ethyl adjacent to an activating group) is 1. The summed E-state index contributed by atoms with van der Waals surface area (Å²) >= 11 is 5.96. The lowest BCUT2D eigenvalue weighted by molar-refractivity contribution is 0.479. The highest BCUT2D eigenvalue weighted by atomic mass is 35.5. The minimum atomic E-state index is 0.282. The van der Waals surface area contributed by atoms with Crippen molar-refractivity contribution in [2.75, 3.05) is 6.54 Å². The number of nitrogens with zero attached hydrogens (tertiary/aromatic N) is 1. The Kier molecular flexibility index (Phi) is 4.94. The summed E-state index contributed by atoms with van der Waals surface area (Å²) < 4.78 is 0. The lowest BCUT2D eigenvalue weighted by Gasteiger charge is -2.25. The number of hydrogen-bond acceptors (Lipinski definition) is 2. The average Bonchev–Trinajstić information content (AvgIpc) is 2.46. The summed E-state index contributed by atoms with van der Waals surface area (Å²) in [7, 11) is 0. The van der Waals surface area contributed by atoms with Crippen molar-refractivity contribution in [2.45, 2.75) is 25.8 Å². The van der Waals surface area contributed by atoms with Gasteiger partial charge in [0.25, 0.3) is 0 Å². The number of rotatable bonds is 5. The first-order valence-corrected chi connectivity index (χ1v) is 6.99. The van der Waals surface area contributed by atoms with Crippen molar-refractivity contribution in [2.24, 2.45) is 0 Å². The van der Waals surface area contributed by atoms with E-state index in [1.54, 1.807) is 0 Å². The zero-order valence-corrected chi connectivity index (χ0v) is 12.1. The van der Waals surface area contributed by atoms with Crippen molar-refractivity contribution in [3.63, 3.8) is 0 Å². The Hall–Kier alpha value is -1.38. The molecule has 1 N–H and O–H groups in total. The van der Waals surface area contributed by atoms with Gasteiger partial charge in [0.2, 0.25) is 0 Å². The maximum atomic E-state index is 5.96. The zero-order chi connectivity index (χ0) is 13.7. The minimum absolute atomic E-state index is 0.282. The number of halogens is 1.